The van der Waals surface area contributed by atoms with Gasteiger partial charge in [-0.25, -0.2) is 0 Å². The van der Waals surface area contributed by atoms with Gasteiger partial charge in [0.15, 0.2) is 0 Å². The second kappa shape index (κ2) is 9.91. The Bertz CT molecular complexity index is 733. The van der Waals surface area contributed by atoms with E-state index in [0.717, 1.165) is 24.7 Å². The van der Waals surface area contributed by atoms with Crippen LogP contribution >= 0.6 is 0 Å². The van der Waals surface area contributed by atoms with E-state index < -0.39 is 0 Å². The van der Waals surface area contributed by atoms with E-state index in [4.69, 9.17) is 9.47 Å². The number of benzene rings is 2. The molecule has 1 aliphatic carbocycles. The van der Waals surface area contributed by atoms with Gasteiger partial charge in [-0.3, -0.25) is 0 Å². The third kappa shape index (κ3) is 5.10. The van der Waals surface area contributed by atoms with Crippen molar-refractivity contribution in [1.29, 1.82) is 0 Å². The number of hydrogen-bond donors (Lipinski definition) is 0. The van der Waals surface area contributed by atoms with Crippen molar-refractivity contribution in [2.24, 2.45) is 5.92 Å². The lowest BCUT2D eigenvalue weighted by atomic mass is 9.77. The van der Waals surface area contributed by atoms with Crippen LogP contribution in [0.1, 0.15) is 81.9 Å². The largest absolute Gasteiger partial charge is 0.373 e. The molecule has 0 aromatic heterocycles. The van der Waals surface area contributed by atoms with Gasteiger partial charge in [0.1, 0.15) is 6.10 Å². The van der Waals surface area contributed by atoms with Gasteiger partial charge in [0.2, 0.25) is 0 Å². The predicted octanol–water partition coefficient (Wildman–Crippen LogP) is 7.29. The van der Waals surface area contributed by atoms with E-state index in [1.54, 1.807) is 0 Å². The van der Waals surface area contributed by atoms with E-state index in [1.807, 2.05) is 0 Å². The highest BCUT2D eigenvalue weighted by molar-refractivity contribution is 5.64. The average molecular weight is 393 g/mol. The minimum absolute atomic E-state index is 0.0674. The van der Waals surface area contributed by atoms with Crippen molar-refractivity contribution in [2.45, 2.75) is 76.9 Å². The Hall–Kier alpha value is -1.64. The summed E-state index contributed by atoms with van der Waals surface area (Å²) in [5, 5.41) is 0. The third-order valence-electron chi connectivity index (χ3n) is 7.00. The minimum Gasteiger partial charge on any atom is -0.373 e. The molecule has 2 nitrogen and oxygen atoms in total. The molecule has 0 radical (unpaired) electrons. The van der Waals surface area contributed by atoms with Crippen LogP contribution in [0.25, 0.3) is 11.1 Å². The van der Waals surface area contributed by atoms with Gasteiger partial charge < -0.3 is 9.47 Å². The second-order valence-electron chi connectivity index (χ2n) is 8.94. The molecule has 156 valence electrons. The van der Waals surface area contributed by atoms with Crippen LogP contribution in [0.5, 0.6) is 0 Å². The maximum atomic E-state index is 6.05. The van der Waals surface area contributed by atoms with Crippen LogP contribution in [0.2, 0.25) is 0 Å². The second-order valence-corrected chi connectivity index (χ2v) is 8.94. The first kappa shape index (κ1) is 20.6. The molecule has 29 heavy (non-hydrogen) atoms. The molecular weight excluding hydrogens is 356 g/mol. The van der Waals surface area contributed by atoms with Crippen molar-refractivity contribution in [3.8, 4) is 11.1 Å². The summed E-state index contributed by atoms with van der Waals surface area (Å²) in [5.41, 5.74) is 5.31. The SMILES string of the molecule is CCC[C@@H]1CO[C@@H](c2ccc(-c3ccc([C@H]4CC[C@H](CC)CC4)cc3)cc2)CO1. The molecule has 1 heterocycles. The van der Waals surface area contributed by atoms with E-state index in [1.165, 1.54) is 54.4 Å². The maximum Gasteiger partial charge on any atom is 0.106 e. The van der Waals surface area contributed by atoms with Crippen molar-refractivity contribution < 1.29 is 9.47 Å². The van der Waals surface area contributed by atoms with Crippen molar-refractivity contribution in [3.63, 3.8) is 0 Å². The highest BCUT2D eigenvalue weighted by Crippen LogP contribution is 2.37. The Kier molecular flexibility index (Phi) is 7.05. The fraction of sp³-hybridized carbons (Fsp3) is 0.556. The van der Waals surface area contributed by atoms with E-state index in [9.17, 15) is 0 Å². The Labute approximate surface area is 176 Å². The Morgan fingerprint density at radius 1 is 0.724 bits per heavy atom. The van der Waals surface area contributed by atoms with Gasteiger partial charge in [-0.2, -0.15) is 0 Å². The first-order valence-electron chi connectivity index (χ1n) is 11.7. The van der Waals surface area contributed by atoms with Gasteiger partial charge in [0.05, 0.1) is 19.3 Å². The molecule has 2 aromatic carbocycles. The first-order chi connectivity index (χ1) is 14.3. The maximum absolute atomic E-state index is 6.05. The van der Waals surface area contributed by atoms with Gasteiger partial charge in [-0.15, -0.1) is 0 Å². The zero-order valence-corrected chi connectivity index (χ0v) is 18.1. The molecule has 0 amide bonds. The fourth-order valence-corrected chi connectivity index (χ4v) is 4.97. The highest BCUT2D eigenvalue weighted by Gasteiger charge is 2.23. The van der Waals surface area contributed by atoms with Gasteiger partial charge in [0.25, 0.3) is 0 Å². The summed E-state index contributed by atoms with van der Waals surface area (Å²) in [4.78, 5) is 0. The first-order valence-corrected chi connectivity index (χ1v) is 11.7. The highest BCUT2D eigenvalue weighted by atomic mass is 16.6. The van der Waals surface area contributed by atoms with E-state index >= 15 is 0 Å². The quantitative estimate of drug-likeness (QED) is 0.514. The molecular formula is C27H36O2. The minimum atomic E-state index is 0.0674. The van der Waals surface area contributed by atoms with Crippen LogP contribution < -0.4 is 0 Å². The Balaban J connectivity index is 1.36. The smallest absolute Gasteiger partial charge is 0.106 e. The summed E-state index contributed by atoms with van der Waals surface area (Å²) in [5.74, 6) is 1.72. The Morgan fingerprint density at radius 2 is 1.34 bits per heavy atom. The zero-order valence-electron chi connectivity index (χ0n) is 18.1. The number of rotatable bonds is 6. The van der Waals surface area contributed by atoms with E-state index in [-0.39, 0.29) is 12.2 Å². The van der Waals surface area contributed by atoms with Crippen molar-refractivity contribution >= 4 is 0 Å². The van der Waals surface area contributed by atoms with Crippen LogP contribution in [-0.4, -0.2) is 19.3 Å². The van der Waals surface area contributed by atoms with Gasteiger partial charge in [-0.1, -0.05) is 75.2 Å². The molecule has 1 aliphatic heterocycles. The van der Waals surface area contributed by atoms with Crippen molar-refractivity contribution in [2.75, 3.05) is 13.2 Å². The summed E-state index contributed by atoms with van der Waals surface area (Å²) in [6.07, 6.45) is 9.42. The summed E-state index contributed by atoms with van der Waals surface area (Å²) >= 11 is 0. The lowest BCUT2D eigenvalue weighted by Crippen LogP contribution is -2.30. The molecule has 0 spiro atoms. The molecule has 4 rings (SSSR count). The van der Waals surface area contributed by atoms with Gasteiger partial charge >= 0.3 is 0 Å². The van der Waals surface area contributed by atoms with Crippen molar-refractivity contribution in [3.05, 3.63) is 59.7 Å². The molecule has 2 fully saturated rings. The molecule has 0 bridgehead atoms. The van der Waals surface area contributed by atoms with Crippen LogP contribution in [0.15, 0.2) is 48.5 Å². The molecule has 2 heteroatoms. The molecule has 2 aromatic rings. The van der Waals surface area contributed by atoms with E-state index in [2.05, 4.69) is 62.4 Å². The normalized spacial score (nSPS) is 27.7. The van der Waals surface area contributed by atoms with Crippen LogP contribution in [0, 0.1) is 5.92 Å². The molecule has 0 N–H and O–H groups in total. The monoisotopic (exact) mass is 392 g/mol. The van der Waals surface area contributed by atoms with Gasteiger partial charge in [-0.05, 0) is 66.2 Å². The summed E-state index contributed by atoms with van der Waals surface area (Å²) in [6.45, 7) is 5.90. The van der Waals surface area contributed by atoms with Crippen LogP contribution in [0.4, 0.5) is 0 Å². The third-order valence-corrected chi connectivity index (χ3v) is 7.00. The predicted molar refractivity (Wildman–Crippen MR) is 120 cm³/mol. The standard InChI is InChI=1S/C27H36O2/c1-3-5-26-18-29-27(19-28-26)25-16-14-24(15-17-25)23-12-10-22(11-13-23)21-8-6-20(4-2)7-9-21/h10-17,20-21,26-27H,3-9,18-19H2,1-2H3/t20-,21-,26-,27-/m1/s1. The topological polar surface area (TPSA) is 18.5 Å². The molecule has 1 saturated carbocycles. The fourth-order valence-electron chi connectivity index (χ4n) is 4.97. The lowest BCUT2D eigenvalue weighted by molar-refractivity contribution is -0.137. The Morgan fingerprint density at radius 3 is 1.86 bits per heavy atom. The zero-order chi connectivity index (χ0) is 20.1. The van der Waals surface area contributed by atoms with Crippen LogP contribution in [-0.2, 0) is 9.47 Å². The summed E-state index contributed by atoms with van der Waals surface area (Å²) in [7, 11) is 0. The molecule has 2 atom stereocenters. The van der Waals surface area contributed by atoms with E-state index in [0.29, 0.717) is 13.2 Å². The number of hydrogen-bond acceptors (Lipinski definition) is 2. The molecule has 2 aliphatic rings. The summed E-state index contributed by atoms with van der Waals surface area (Å²) in [6, 6.07) is 18.1. The van der Waals surface area contributed by atoms with Crippen LogP contribution in [0.3, 0.4) is 0 Å². The average Bonchev–Trinajstić information content (AvgIpc) is 2.80. The lowest BCUT2D eigenvalue weighted by Gasteiger charge is -2.29. The van der Waals surface area contributed by atoms with Gasteiger partial charge in [0, 0.05) is 0 Å². The number of ether oxygens (including phenoxy) is 2. The molecule has 0 unspecified atom stereocenters. The molecule has 1 saturated heterocycles. The summed E-state index contributed by atoms with van der Waals surface area (Å²) < 4.78 is 12.0. The van der Waals surface area contributed by atoms with Crippen molar-refractivity contribution in [1.82, 2.24) is 0 Å².